The number of piperazine rings is 1. The maximum Gasteiger partial charge on any atom is 0.410 e. The zero-order valence-electron chi connectivity index (χ0n) is 18.1. The Bertz CT molecular complexity index is 986. The molecule has 164 valence electrons. The molecule has 0 saturated carbocycles. The summed E-state index contributed by atoms with van der Waals surface area (Å²) in [6.45, 7) is 9.10. The topological polar surface area (TPSA) is 91.6 Å². The highest BCUT2D eigenvalue weighted by Crippen LogP contribution is 2.21. The number of ether oxygens (including phenoxy) is 2. The number of benzene rings is 1. The van der Waals surface area contributed by atoms with Crippen LogP contribution in [0.1, 0.15) is 38.8 Å². The van der Waals surface area contributed by atoms with Gasteiger partial charge < -0.3 is 19.3 Å². The number of nitriles is 1. The molecule has 1 aliphatic rings. The first kappa shape index (κ1) is 22.3. The van der Waals surface area contributed by atoms with Crippen LogP contribution in [-0.2, 0) is 11.3 Å². The highest BCUT2D eigenvalue weighted by molar-refractivity contribution is 5.69. The molecule has 0 radical (unpaired) electrons. The van der Waals surface area contributed by atoms with Gasteiger partial charge in [-0.05, 0) is 39.8 Å². The Balaban J connectivity index is 1.62. The predicted octanol–water partition coefficient (Wildman–Crippen LogP) is 3.51. The second-order valence-electron chi connectivity index (χ2n) is 8.39. The average Bonchev–Trinajstić information content (AvgIpc) is 2.71. The molecular weight excluding hydrogens is 401 g/mol. The van der Waals surface area contributed by atoms with E-state index in [1.165, 1.54) is 24.4 Å². The molecule has 31 heavy (non-hydrogen) atoms. The van der Waals surface area contributed by atoms with E-state index in [0.29, 0.717) is 31.0 Å². The minimum absolute atomic E-state index is 0.0293. The fourth-order valence-electron chi connectivity index (χ4n) is 3.20. The summed E-state index contributed by atoms with van der Waals surface area (Å²) in [7, 11) is 0. The summed E-state index contributed by atoms with van der Waals surface area (Å²) in [4.78, 5) is 24.8. The monoisotopic (exact) mass is 427 g/mol. The van der Waals surface area contributed by atoms with Gasteiger partial charge in [0, 0.05) is 31.2 Å². The van der Waals surface area contributed by atoms with Gasteiger partial charge in [0.25, 0.3) is 0 Å². The highest BCUT2D eigenvalue weighted by atomic mass is 19.1. The number of anilines is 1. The lowest BCUT2D eigenvalue weighted by Crippen LogP contribution is -2.55. The number of rotatable bonds is 4. The number of aromatic nitrogens is 2. The molecule has 1 amide bonds. The third-order valence-electron chi connectivity index (χ3n) is 4.74. The zero-order valence-corrected chi connectivity index (χ0v) is 18.1. The van der Waals surface area contributed by atoms with Gasteiger partial charge in [-0.25, -0.2) is 9.18 Å². The molecule has 8 nitrogen and oxygen atoms in total. The molecule has 1 atom stereocenters. The summed E-state index contributed by atoms with van der Waals surface area (Å²) in [5.41, 5.74) is 0.0351. The van der Waals surface area contributed by atoms with Gasteiger partial charge in [0.2, 0.25) is 5.88 Å². The molecule has 1 aliphatic heterocycles. The summed E-state index contributed by atoms with van der Waals surface area (Å²) >= 11 is 0. The quantitative estimate of drug-likeness (QED) is 0.737. The first-order chi connectivity index (χ1) is 14.7. The van der Waals surface area contributed by atoms with Crippen LogP contribution < -0.4 is 9.64 Å². The molecule has 1 aromatic heterocycles. The minimum atomic E-state index is -0.542. The van der Waals surface area contributed by atoms with E-state index in [1.807, 2.05) is 38.7 Å². The maximum atomic E-state index is 14.0. The van der Waals surface area contributed by atoms with Crippen LogP contribution in [0.15, 0.2) is 30.6 Å². The van der Waals surface area contributed by atoms with E-state index < -0.39 is 11.4 Å². The third kappa shape index (κ3) is 5.81. The van der Waals surface area contributed by atoms with E-state index in [4.69, 9.17) is 14.7 Å². The van der Waals surface area contributed by atoms with Crippen LogP contribution in [0, 0.1) is 17.1 Å². The van der Waals surface area contributed by atoms with Crippen molar-refractivity contribution in [3.8, 4) is 11.9 Å². The summed E-state index contributed by atoms with van der Waals surface area (Å²) < 4.78 is 25.1. The van der Waals surface area contributed by atoms with Gasteiger partial charge in [-0.2, -0.15) is 10.2 Å². The fourth-order valence-corrected chi connectivity index (χ4v) is 3.20. The van der Waals surface area contributed by atoms with Crippen molar-refractivity contribution < 1.29 is 18.7 Å². The first-order valence-electron chi connectivity index (χ1n) is 10.0. The Morgan fingerprint density at radius 2 is 2.10 bits per heavy atom. The summed E-state index contributed by atoms with van der Waals surface area (Å²) in [5, 5.41) is 8.83. The summed E-state index contributed by atoms with van der Waals surface area (Å²) in [6, 6.07) is 6.06. The largest absolute Gasteiger partial charge is 0.472 e. The van der Waals surface area contributed by atoms with E-state index >= 15 is 0 Å². The summed E-state index contributed by atoms with van der Waals surface area (Å²) in [5.74, 6) is 0.382. The lowest BCUT2D eigenvalue weighted by molar-refractivity contribution is 0.0158. The van der Waals surface area contributed by atoms with Crippen LogP contribution in [0.2, 0.25) is 0 Å². The van der Waals surface area contributed by atoms with Crippen molar-refractivity contribution in [3.05, 3.63) is 47.5 Å². The Hall–Kier alpha value is -3.41. The maximum absolute atomic E-state index is 14.0. The smallest absolute Gasteiger partial charge is 0.410 e. The van der Waals surface area contributed by atoms with Gasteiger partial charge in [0.1, 0.15) is 18.0 Å². The van der Waals surface area contributed by atoms with Gasteiger partial charge in [0.15, 0.2) is 5.82 Å². The van der Waals surface area contributed by atoms with Crippen molar-refractivity contribution in [1.82, 2.24) is 14.9 Å². The van der Waals surface area contributed by atoms with Crippen molar-refractivity contribution >= 4 is 11.9 Å². The molecule has 1 unspecified atom stereocenters. The molecule has 1 aromatic carbocycles. The van der Waals surface area contributed by atoms with Crippen LogP contribution >= 0.6 is 0 Å². The molecule has 0 N–H and O–H groups in total. The number of hydrogen-bond donors (Lipinski definition) is 0. The van der Waals surface area contributed by atoms with Crippen molar-refractivity contribution in [2.24, 2.45) is 0 Å². The third-order valence-corrected chi connectivity index (χ3v) is 4.74. The fraction of sp³-hybridized carbons (Fsp3) is 0.455. The van der Waals surface area contributed by atoms with Crippen LogP contribution in [-0.4, -0.2) is 52.2 Å². The van der Waals surface area contributed by atoms with Gasteiger partial charge in [0.05, 0.1) is 24.0 Å². The Kier molecular flexibility index (Phi) is 6.59. The minimum Gasteiger partial charge on any atom is -0.472 e. The number of carbonyl (C=O) groups excluding carboxylic acids is 1. The van der Waals surface area contributed by atoms with Crippen LogP contribution in [0.3, 0.4) is 0 Å². The van der Waals surface area contributed by atoms with Gasteiger partial charge >= 0.3 is 6.09 Å². The second-order valence-corrected chi connectivity index (χ2v) is 8.39. The lowest BCUT2D eigenvalue weighted by atomic mass is 10.1. The first-order valence-corrected chi connectivity index (χ1v) is 10.0. The summed E-state index contributed by atoms with van der Waals surface area (Å²) in [6.07, 6.45) is 2.77. The van der Waals surface area contributed by atoms with Crippen LogP contribution in [0.5, 0.6) is 5.88 Å². The van der Waals surface area contributed by atoms with Crippen molar-refractivity contribution in [2.75, 3.05) is 24.5 Å². The van der Waals surface area contributed by atoms with Crippen LogP contribution in [0.25, 0.3) is 0 Å². The Morgan fingerprint density at radius 3 is 2.74 bits per heavy atom. The van der Waals surface area contributed by atoms with Crippen molar-refractivity contribution in [2.45, 2.75) is 45.9 Å². The highest BCUT2D eigenvalue weighted by Gasteiger charge is 2.31. The van der Waals surface area contributed by atoms with E-state index in [0.717, 1.165) is 0 Å². The van der Waals surface area contributed by atoms with E-state index in [9.17, 15) is 9.18 Å². The van der Waals surface area contributed by atoms with Crippen molar-refractivity contribution in [3.63, 3.8) is 0 Å². The van der Waals surface area contributed by atoms with Crippen LogP contribution in [0.4, 0.5) is 15.0 Å². The van der Waals surface area contributed by atoms with Crippen molar-refractivity contribution in [1.29, 1.82) is 5.26 Å². The zero-order chi connectivity index (χ0) is 22.6. The molecule has 0 spiro atoms. The average molecular weight is 427 g/mol. The van der Waals surface area contributed by atoms with E-state index in [-0.39, 0.29) is 30.2 Å². The Labute approximate surface area is 181 Å². The predicted molar refractivity (Wildman–Crippen MR) is 112 cm³/mol. The number of carbonyl (C=O) groups is 1. The molecular formula is C22H26FN5O3. The normalized spacial score (nSPS) is 16.6. The molecule has 1 saturated heterocycles. The van der Waals surface area contributed by atoms with Gasteiger partial charge in [-0.1, -0.05) is 6.07 Å². The Morgan fingerprint density at radius 1 is 1.32 bits per heavy atom. The molecule has 0 aliphatic carbocycles. The number of amides is 1. The van der Waals surface area contributed by atoms with Gasteiger partial charge in [-0.3, -0.25) is 4.98 Å². The lowest BCUT2D eigenvalue weighted by Gasteiger charge is -2.40. The van der Waals surface area contributed by atoms with E-state index in [1.54, 1.807) is 11.1 Å². The molecule has 0 bridgehead atoms. The standard InChI is InChI=1S/C22H26FN5O3/c1-15-13-27(7-8-28(15)21(29)31-22(2,3)4)19-11-25-12-20(26-19)30-14-17-6-5-16(10-24)9-18(17)23/h5-6,9,11-12,15H,7-8,13-14H2,1-4H3. The molecule has 2 aromatic rings. The second kappa shape index (κ2) is 9.16. The molecule has 1 fully saturated rings. The molecule has 2 heterocycles. The van der Waals surface area contributed by atoms with E-state index in [2.05, 4.69) is 9.97 Å². The molecule has 3 rings (SSSR count). The SMILES string of the molecule is CC1CN(c2cncc(OCc3ccc(C#N)cc3F)n2)CCN1C(=O)OC(C)(C)C. The number of halogens is 1. The number of nitrogens with zero attached hydrogens (tertiary/aromatic N) is 5. The molecule has 9 heteroatoms. The number of hydrogen-bond acceptors (Lipinski definition) is 7. The van der Waals surface area contributed by atoms with Gasteiger partial charge in [-0.15, -0.1) is 0 Å².